The summed E-state index contributed by atoms with van der Waals surface area (Å²) in [5.41, 5.74) is 0.370. The number of amides is 1. The Balaban J connectivity index is 2.65. The Kier molecular flexibility index (Phi) is 4.98. The average molecular weight is 220 g/mol. The average Bonchev–Trinajstić information content (AvgIpc) is 2.33. The normalized spacial score (nSPS) is 9.56. The lowest BCUT2D eigenvalue weighted by Gasteiger charge is -2.05. The van der Waals surface area contributed by atoms with E-state index in [-0.39, 0.29) is 5.91 Å². The van der Waals surface area contributed by atoms with Crippen molar-refractivity contribution in [1.82, 2.24) is 15.3 Å². The largest absolute Gasteiger partial charge is 0.366 e. The van der Waals surface area contributed by atoms with E-state index in [1.165, 1.54) is 6.33 Å². The molecule has 1 aromatic rings. The van der Waals surface area contributed by atoms with Gasteiger partial charge < -0.3 is 10.6 Å². The summed E-state index contributed by atoms with van der Waals surface area (Å²) >= 11 is 0. The number of carbonyl (C=O) groups excluding carboxylic acids is 1. The molecule has 1 amide bonds. The van der Waals surface area contributed by atoms with Crippen molar-refractivity contribution in [1.29, 1.82) is 0 Å². The summed E-state index contributed by atoms with van der Waals surface area (Å²) in [4.78, 5) is 19.5. The highest BCUT2D eigenvalue weighted by atomic mass is 16.1. The van der Waals surface area contributed by atoms with Crippen LogP contribution < -0.4 is 10.6 Å². The minimum absolute atomic E-state index is 0.175. The van der Waals surface area contributed by atoms with Gasteiger partial charge in [0.2, 0.25) is 0 Å². The van der Waals surface area contributed by atoms with E-state index in [9.17, 15) is 4.79 Å². The van der Waals surface area contributed by atoms with Crippen LogP contribution in [0.25, 0.3) is 0 Å². The van der Waals surface area contributed by atoms with Crippen LogP contribution in [0.3, 0.4) is 0 Å². The van der Waals surface area contributed by atoms with Crippen LogP contribution in [0.4, 0.5) is 5.82 Å². The van der Waals surface area contributed by atoms with E-state index in [1.54, 1.807) is 12.1 Å². The van der Waals surface area contributed by atoms with Gasteiger partial charge in [0, 0.05) is 19.2 Å². The monoisotopic (exact) mass is 220 g/mol. The first-order chi connectivity index (χ1) is 7.77. The molecule has 5 heteroatoms. The number of hydrogen-bond donors (Lipinski definition) is 2. The summed E-state index contributed by atoms with van der Waals surface area (Å²) in [6, 6.07) is 1.62. The van der Waals surface area contributed by atoms with Crippen molar-refractivity contribution >= 4 is 11.7 Å². The van der Waals surface area contributed by atoms with Gasteiger partial charge in [-0.25, -0.2) is 9.97 Å². The fourth-order valence-electron chi connectivity index (χ4n) is 1.08. The van der Waals surface area contributed by atoms with Crippen LogP contribution in [0.5, 0.6) is 0 Å². The van der Waals surface area contributed by atoms with Crippen LogP contribution in [-0.2, 0) is 0 Å². The molecule has 86 valence electrons. The maximum absolute atomic E-state index is 11.6. The highest BCUT2D eigenvalue weighted by molar-refractivity contribution is 5.92. The van der Waals surface area contributed by atoms with Crippen molar-refractivity contribution in [2.75, 3.05) is 18.4 Å². The SMILES string of the molecule is C=CCNc1cc(C(=O)NCCC)ncn1. The summed E-state index contributed by atoms with van der Waals surface area (Å²) in [6.07, 6.45) is 3.99. The molecule has 0 aliphatic heterocycles. The van der Waals surface area contributed by atoms with Crippen molar-refractivity contribution in [3.63, 3.8) is 0 Å². The van der Waals surface area contributed by atoms with Gasteiger partial charge in [0.1, 0.15) is 17.8 Å². The van der Waals surface area contributed by atoms with Gasteiger partial charge in [-0.05, 0) is 6.42 Å². The standard InChI is InChI=1S/C11H16N4O/c1-3-5-12-10-7-9(14-8-15-10)11(16)13-6-4-2/h3,7-8H,1,4-6H2,2H3,(H,13,16)(H,12,14,15). The van der Waals surface area contributed by atoms with Crippen LogP contribution in [0.1, 0.15) is 23.8 Å². The minimum Gasteiger partial charge on any atom is -0.366 e. The maximum Gasteiger partial charge on any atom is 0.270 e. The molecule has 0 bridgehead atoms. The van der Waals surface area contributed by atoms with Crippen molar-refractivity contribution in [3.8, 4) is 0 Å². The summed E-state index contributed by atoms with van der Waals surface area (Å²) in [5, 5.41) is 5.75. The van der Waals surface area contributed by atoms with Crippen molar-refractivity contribution in [2.45, 2.75) is 13.3 Å². The Labute approximate surface area is 95.0 Å². The predicted molar refractivity (Wildman–Crippen MR) is 63.3 cm³/mol. The van der Waals surface area contributed by atoms with Gasteiger partial charge in [-0.3, -0.25) is 4.79 Å². The second-order valence-electron chi connectivity index (χ2n) is 3.21. The fraction of sp³-hybridized carbons (Fsp3) is 0.364. The van der Waals surface area contributed by atoms with Crippen LogP contribution >= 0.6 is 0 Å². The molecule has 0 saturated carbocycles. The van der Waals surface area contributed by atoms with Gasteiger partial charge >= 0.3 is 0 Å². The molecule has 0 aliphatic carbocycles. The first-order valence-corrected chi connectivity index (χ1v) is 5.23. The molecule has 0 saturated heterocycles. The Morgan fingerprint density at radius 1 is 1.56 bits per heavy atom. The topological polar surface area (TPSA) is 66.9 Å². The van der Waals surface area contributed by atoms with Crippen LogP contribution in [-0.4, -0.2) is 29.0 Å². The number of rotatable bonds is 6. The molecule has 0 unspecified atom stereocenters. The number of carbonyl (C=O) groups is 1. The van der Waals surface area contributed by atoms with Gasteiger partial charge in [0.15, 0.2) is 0 Å². The highest BCUT2D eigenvalue weighted by Crippen LogP contribution is 2.03. The molecular formula is C11H16N4O. The number of nitrogens with zero attached hydrogens (tertiary/aromatic N) is 2. The number of aromatic nitrogens is 2. The minimum atomic E-state index is -0.175. The molecule has 1 rings (SSSR count). The number of hydrogen-bond acceptors (Lipinski definition) is 4. The van der Waals surface area contributed by atoms with Crippen molar-refractivity contribution in [3.05, 3.63) is 30.7 Å². The summed E-state index contributed by atoms with van der Waals surface area (Å²) in [5.74, 6) is 0.447. The molecule has 0 aliphatic rings. The van der Waals surface area contributed by atoms with E-state index in [1.807, 2.05) is 6.92 Å². The molecule has 5 nitrogen and oxygen atoms in total. The molecule has 0 spiro atoms. The van der Waals surface area contributed by atoms with E-state index in [0.29, 0.717) is 24.6 Å². The van der Waals surface area contributed by atoms with Crippen LogP contribution in [0.15, 0.2) is 25.0 Å². The lowest BCUT2D eigenvalue weighted by atomic mass is 10.3. The molecular weight excluding hydrogens is 204 g/mol. The first-order valence-electron chi connectivity index (χ1n) is 5.23. The second kappa shape index (κ2) is 6.55. The smallest absolute Gasteiger partial charge is 0.270 e. The first kappa shape index (κ1) is 12.2. The molecule has 1 aromatic heterocycles. The Morgan fingerprint density at radius 3 is 3.06 bits per heavy atom. The van der Waals surface area contributed by atoms with Crippen LogP contribution in [0, 0.1) is 0 Å². The van der Waals surface area contributed by atoms with Crippen LogP contribution in [0.2, 0.25) is 0 Å². The Morgan fingerprint density at radius 2 is 2.38 bits per heavy atom. The molecule has 0 radical (unpaired) electrons. The molecule has 2 N–H and O–H groups in total. The summed E-state index contributed by atoms with van der Waals surface area (Å²) < 4.78 is 0. The quantitative estimate of drug-likeness (QED) is 0.707. The van der Waals surface area contributed by atoms with E-state index in [0.717, 1.165) is 6.42 Å². The Hall–Kier alpha value is -1.91. The van der Waals surface area contributed by atoms with Gasteiger partial charge in [-0.15, -0.1) is 6.58 Å². The van der Waals surface area contributed by atoms with Gasteiger partial charge in [-0.2, -0.15) is 0 Å². The van der Waals surface area contributed by atoms with Gasteiger partial charge in [0.05, 0.1) is 0 Å². The molecule has 0 atom stereocenters. The Bertz CT molecular complexity index is 365. The zero-order chi connectivity index (χ0) is 11.8. The third kappa shape index (κ3) is 3.68. The third-order valence-corrected chi connectivity index (χ3v) is 1.86. The lowest BCUT2D eigenvalue weighted by Crippen LogP contribution is -2.25. The number of anilines is 1. The molecule has 0 fully saturated rings. The van der Waals surface area contributed by atoms with Crippen molar-refractivity contribution < 1.29 is 4.79 Å². The van der Waals surface area contributed by atoms with E-state index >= 15 is 0 Å². The highest BCUT2D eigenvalue weighted by Gasteiger charge is 2.06. The summed E-state index contributed by atoms with van der Waals surface area (Å²) in [7, 11) is 0. The van der Waals surface area contributed by atoms with Gasteiger partial charge in [0.25, 0.3) is 5.91 Å². The molecule has 0 aromatic carbocycles. The maximum atomic E-state index is 11.6. The zero-order valence-corrected chi connectivity index (χ0v) is 9.36. The lowest BCUT2D eigenvalue weighted by molar-refractivity contribution is 0.0948. The summed E-state index contributed by atoms with van der Waals surface area (Å²) in [6.45, 7) is 6.84. The van der Waals surface area contributed by atoms with Crippen molar-refractivity contribution in [2.24, 2.45) is 0 Å². The zero-order valence-electron chi connectivity index (χ0n) is 9.36. The van der Waals surface area contributed by atoms with E-state index in [4.69, 9.17) is 0 Å². The second-order valence-corrected chi connectivity index (χ2v) is 3.21. The van der Waals surface area contributed by atoms with E-state index < -0.39 is 0 Å². The van der Waals surface area contributed by atoms with E-state index in [2.05, 4.69) is 27.2 Å². The molecule has 16 heavy (non-hydrogen) atoms. The number of nitrogens with one attached hydrogen (secondary N) is 2. The van der Waals surface area contributed by atoms with Gasteiger partial charge in [-0.1, -0.05) is 13.0 Å². The molecule has 1 heterocycles. The fourth-order valence-corrected chi connectivity index (χ4v) is 1.08. The third-order valence-electron chi connectivity index (χ3n) is 1.86. The predicted octanol–water partition coefficient (Wildman–Crippen LogP) is 1.21.